The van der Waals surface area contributed by atoms with E-state index in [1.807, 2.05) is 6.07 Å². The highest BCUT2D eigenvalue weighted by atomic mass is 79.9. The second-order valence-electron chi connectivity index (χ2n) is 4.16. The van der Waals surface area contributed by atoms with Gasteiger partial charge < -0.3 is 5.32 Å². The SMILES string of the molecule is CCNc1cc(C(F)(F)F)cc(-c2cccc(Br)c2)n1. The summed E-state index contributed by atoms with van der Waals surface area (Å²) in [5.41, 5.74) is 0.208. The standard InChI is InChI=1S/C14H12BrF3N2/c1-2-19-13-8-10(14(16,17)18)7-12(20-13)9-4-3-5-11(15)6-9/h3-8H,2H2,1H3,(H,19,20). The predicted molar refractivity (Wildman–Crippen MR) is 76.5 cm³/mol. The number of alkyl halides is 3. The summed E-state index contributed by atoms with van der Waals surface area (Å²) in [6.07, 6.45) is -4.39. The minimum absolute atomic E-state index is 0.220. The van der Waals surface area contributed by atoms with Gasteiger partial charge in [-0.05, 0) is 31.2 Å². The summed E-state index contributed by atoms with van der Waals surface area (Å²) in [7, 11) is 0. The summed E-state index contributed by atoms with van der Waals surface area (Å²) in [5, 5.41) is 2.82. The van der Waals surface area contributed by atoms with Crippen molar-refractivity contribution in [1.82, 2.24) is 4.98 Å². The van der Waals surface area contributed by atoms with Crippen LogP contribution in [0.2, 0.25) is 0 Å². The molecule has 0 unspecified atom stereocenters. The fraction of sp³-hybridized carbons (Fsp3) is 0.214. The van der Waals surface area contributed by atoms with Gasteiger partial charge in [0, 0.05) is 16.6 Å². The Hall–Kier alpha value is -1.56. The van der Waals surface area contributed by atoms with E-state index in [0.717, 1.165) is 16.6 Å². The third-order valence-electron chi connectivity index (χ3n) is 2.63. The molecule has 0 spiro atoms. The van der Waals surface area contributed by atoms with E-state index >= 15 is 0 Å². The van der Waals surface area contributed by atoms with Gasteiger partial charge in [0.15, 0.2) is 0 Å². The lowest BCUT2D eigenvalue weighted by Gasteiger charge is -2.12. The fourth-order valence-electron chi connectivity index (χ4n) is 1.76. The van der Waals surface area contributed by atoms with Gasteiger partial charge in [-0.1, -0.05) is 28.1 Å². The normalized spacial score (nSPS) is 11.4. The van der Waals surface area contributed by atoms with Crippen molar-refractivity contribution in [2.45, 2.75) is 13.1 Å². The molecule has 0 radical (unpaired) electrons. The highest BCUT2D eigenvalue weighted by Crippen LogP contribution is 2.33. The molecule has 0 bridgehead atoms. The van der Waals surface area contributed by atoms with Crippen LogP contribution in [0.15, 0.2) is 40.9 Å². The number of anilines is 1. The van der Waals surface area contributed by atoms with E-state index in [1.54, 1.807) is 25.1 Å². The van der Waals surface area contributed by atoms with Crippen LogP contribution in [0.1, 0.15) is 12.5 Å². The van der Waals surface area contributed by atoms with Crippen molar-refractivity contribution in [3.05, 3.63) is 46.4 Å². The van der Waals surface area contributed by atoms with E-state index in [9.17, 15) is 13.2 Å². The highest BCUT2D eigenvalue weighted by Gasteiger charge is 2.31. The third kappa shape index (κ3) is 3.50. The van der Waals surface area contributed by atoms with E-state index in [2.05, 4.69) is 26.2 Å². The van der Waals surface area contributed by atoms with Crippen LogP contribution in [0, 0.1) is 0 Å². The first kappa shape index (κ1) is 14.8. The van der Waals surface area contributed by atoms with Gasteiger partial charge in [0.2, 0.25) is 0 Å². The highest BCUT2D eigenvalue weighted by molar-refractivity contribution is 9.10. The van der Waals surface area contributed by atoms with E-state index in [-0.39, 0.29) is 11.5 Å². The van der Waals surface area contributed by atoms with Crippen LogP contribution in [0.25, 0.3) is 11.3 Å². The van der Waals surface area contributed by atoms with Crippen LogP contribution in [0.5, 0.6) is 0 Å². The van der Waals surface area contributed by atoms with Gasteiger partial charge in [-0.2, -0.15) is 13.2 Å². The molecule has 2 rings (SSSR count). The minimum Gasteiger partial charge on any atom is -0.370 e. The molecule has 1 aromatic carbocycles. The van der Waals surface area contributed by atoms with Crippen molar-refractivity contribution < 1.29 is 13.2 Å². The number of pyridine rings is 1. The number of nitrogens with one attached hydrogen (secondary N) is 1. The topological polar surface area (TPSA) is 24.9 Å². The number of hydrogen-bond acceptors (Lipinski definition) is 2. The quantitative estimate of drug-likeness (QED) is 0.850. The maximum atomic E-state index is 12.9. The summed E-state index contributed by atoms with van der Waals surface area (Å²) in [6, 6.07) is 9.10. The third-order valence-corrected chi connectivity index (χ3v) is 3.12. The van der Waals surface area contributed by atoms with Crippen LogP contribution < -0.4 is 5.32 Å². The van der Waals surface area contributed by atoms with Crippen molar-refractivity contribution in [2.24, 2.45) is 0 Å². The van der Waals surface area contributed by atoms with E-state index in [1.165, 1.54) is 0 Å². The van der Waals surface area contributed by atoms with Crippen molar-refractivity contribution in [1.29, 1.82) is 0 Å². The lowest BCUT2D eigenvalue weighted by molar-refractivity contribution is -0.137. The zero-order valence-corrected chi connectivity index (χ0v) is 12.2. The molecule has 0 atom stereocenters. The van der Waals surface area contributed by atoms with E-state index in [4.69, 9.17) is 0 Å². The summed E-state index contributed by atoms with van der Waals surface area (Å²) in [4.78, 5) is 4.22. The number of halogens is 4. The van der Waals surface area contributed by atoms with Crippen LogP contribution in [0.3, 0.4) is 0 Å². The Morgan fingerprint density at radius 1 is 1.20 bits per heavy atom. The van der Waals surface area contributed by atoms with Gasteiger partial charge in [-0.25, -0.2) is 4.98 Å². The number of hydrogen-bond donors (Lipinski definition) is 1. The van der Waals surface area contributed by atoms with Crippen LogP contribution in [-0.2, 0) is 6.18 Å². The first-order valence-electron chi connectivity index (χ1n) is 5.99. The Morgan fingerprint density at radius 3 is 2.55 bits per heavy atom. The molecule has 0 amide bonds. The molecule has 2 aromatic rings. The molecule has 0 fully saturated rings. The largest absolute Gasteiger partial charge is 0.416 e. The molecular weight excluding hydrogens is 333 g/mol. The van der Waals surface area contributed by atoms with Gasteiger partial charge in [-0.15, -0.1) is 0 Å². The molecule has 0 aliphatic rings. The second-order valence-corrected chi connectivity index (χ2v) is 5.08. The Labute approximate surface area is 123 Å². The molecule has 106 valence electrons. The lowest BCUT2D eigenvalue weighted by Crippen LogP contribution is -2.08. The van der Waals surface area contributed by atoms with E-state index < -0.39 is 11.7 Å². The van der Waals surface area contributed by atoms with Crippen molar-refractivity contribution in [3.8, 4) is 11.3 Å². The van der Waals surface area contributed by atoms with Crippen LogP contribution >= 0.6 is 15.9 Å². The molecule has 1 N–H and O–H groups in total. The minimum atomic E-state index is -4.39. The molecule has 0 aliphatic heterocycles. The van der Waals surface area contributed by atoms with Gasteiger partial charge in [0.05, 0.1) is 11.3 Å². The number of benzene rings is 1. The van der Waals surface area contributed by atoms with Crippen molar-refractivity contribution in [2.75, 3.05) is 11.9 Å². The lowest BCUT2D eigenvalue weighted by atomic mass is 10.1. The maximum absolute atomic E-state index is 12.9. The molecule has 1 aromatic heterocycles. The average Bonchev–Trinajstić information content (AvgIpc) is 2.38. The first-order chi connectivity index (χ1) is 9.40. The summed E-state index contributed by atoms with van der Waals surface area (Å²) in [6.45, 7) is 2.31. The Balaban J connectivity index is 2.54. The Kier molecular flexibility index (Phi) is 4.32. The molecule has 0 saturated carbocycles. The van der Waals surface area contributed by atoms with E-state index in [0.29, 0.717) is 12.1 Å². The van der Waals surface area contributed by atoms with Crippen molar-refractivity contribution in [3.63, 3.8) is 0 Å². The molecule has 0 aliphatic carbocycles. The first-order valence-corrected chi connectivity index (χ1v) is 6.78. The van der Waals surface area contributed by atoms with Crippen molar-refractivity contribution >= 4 is 21.7 Å². The van der Waals surface area contributed by atoms with Crippen LogP contribution in [0.4, 0.5) is 19.0 Å². The number of aromatic nitrogens is 1. The zero-order chi connectivity index (χ0) is 14.8. The monoisotopic (exact) mass is 344 g/mol. The van der Waals surface area contributed by atoms with Crippen LogP contribution in [-0.4, -0.2) is 11.5 Å². The predicted octanol–water partition coefficient (Wildman–Crippen LogP) is 4.96. The van der Waals surface area contributed by atoms with Gasteiger partial charge in [-0.3, -0.25) is 0 Å². The molecule has 0 saturated heterocycles. The maximum Gasteiger partial charge on any atom is 0.416 e. The molecular formula is C14H12BrF3N2. The molecule has 1 heterocycles. The number of nitrogens with zero attached hydrogens (tertiary/aromatic N) is 1. The smallest absolute Gasteiger partial charge is 0.370 e. The average molecular weight is 345 g/mol. The summed E-state index contributed by atoms with van der Waals surface area (Å²) < 4.78 is 39.5. The summed E-state index contributed by atoms with van der Waals surface area (Å²) >= 11 is 3.30. The van der Waals surface area contributed by atoms with Gasteiger partial charge in [0.1, 0.15) is 5.82 Å². The molecule has 20 heavy (non-hydrogen) atoms. The fourth-order valence-corrected chi connectivity index (χ4v) is 2.16. The number of rotatable bonds is 3. The zero-order valence-electron chi connectivity index (χ0n) is 10.6. The van der Waals surface area contributed by atoms with Gasteiger partial charge in [0.25, 0.3) is 0 Å². The molecule has 6 heteroatoms. The Bertz CT molecular complexity index is 612. The molecule has 2 nitrogen and oxygen atoms in total. The second kappa shape index (κ2) is 5.83. The summed E-state index contributed by atoms with van der Waals surface area (Å²) in [5.74, 6) is 0.220. The van der Waals surface area contributed by atoms with Gasteiger partial charge >= 0.3 is 6.18 Å². The Morgan fingerprint density at radius 2 is 1.95 bits per heavy atom.